The molecule has 6 heteroatoms. The number of hydrogen-bond acceptors (Lipinski definition) is 4. The smallest absolute Gasteiger partial charge is 0.254 e. The van der Waals surface area contributed by atoms with Crippen molar-refractivity contribution in [2.24, 2.45) is 5.92 Å². The largest absolute Gasteiger partial charge is 0.492 e. The highest BCUT2D eigenvalue weighted by atomic mass is 35.5. The number of pyridine rings is 1. The summed E-state index contributed by atoms with van der Waals surface area (Å²) in [4.78, 5) is 18.7. The van der Waals surface area contributed by atoms with E-state index in [2.05, 4.69) is 15.2 Å². The van der Waals surface area contributed by atoms with Crippen molar-refractivity contribution in [2.45, 2.75) is 12.8 Å². The van der Waals surface area contributed by atoms with Gasteiger partial charge >= 0.3 is 0 Å². The monoisotopic (exact) mass is 359 g/mol. The normalized spacial score (nSPS) is 17.2. The SMILES string of the molecule is CNC(=O)c1cccnc1N1CCCC(COc2ccccc2Cl)C1. The van der Waals surface area contributed by atoms with Gasteiger partial charge in [0.25, 0.3) is 5.91 Å². The van der Waals surface area contributed by atoms with Crippen molar-refractivity contribution in [1.82, 2.24) is 10.3 Å². The molecule has 1 aromatic carbocycles. The van der Waals surface area contributed by atoms with Crippen LogP contribution in [0.3, 0.4) is 0 Å². The van der Waals surface area contributed by atoms with Crippen LogP contribution in [0, 0.1) is 5.92 Å². The number of hydrogen-bond donors (Lipinski definition) is 1. The minimum atomic E-state index is -0.113. The van der Waals surface area contributed by atoms with Gasteiger partial charge in [-0.1, -0.05) is 23.7 Å². The molecule has 1 aliphatic rings. The Kier molecular flexibility index (Phi) is 5.76. The Hall–Kier alpha value is -2.27. The van der Waals surface area contributed by atoms with Crippen molar-refractivity contribution in [3.8, 4) is 5.75 Å². The van der Waals surface area contributed by atoms with E-state index in [1.807, 2.05) is 30.3 Å². The van der Waals surface area contributed by atoms with Crippen LogP contribution in [-0.4, -0.2) is 37.6 Å². The summed E-state index contributed by atoms with van der Waals surface area (Å²) in [5.74, 6) is 1.71. The van der Waals surface area contributed by atoms with E-state index in [1.165, 1.54) is 0 Å². The van der Waals surface area contributed by atoms with Gasteiger partial charge in [-0.3, -0.25) is 4.79 Å². The van der Waals surface area contributed by atoms with Gasteiger partial charge in [-0.2, -0.15) is 0 Å². The number of nitrogens with one attached hydrogen (secondary N) is 1. The first-order valence-corrected chi connectivity index (χ1v) is 8.86. The summed E-state index contributed by atoms with van der Waals surface area (Å²) in [6.07, 6.45) is 3.86. The Morgan fingerprint density at radius 1 is 1.36 bits per heavy atom. The Labute approximate surface area is 153 Å². The first kappa shape index (κ1) is 17.5. The third kappa shape index (κ3) is 4.23. The molecule has 0 aliphatic carbocycles. The van der Waals surface area contributed by atoms with Gasteiger partial charge in [0.1, 0.15) is 11.6 Å². The topological polar surface area (TPSA) is 54.5 Å². The van der Waals surface area contributed by atoms with Crippen LogP contribution in [0.2, 0.25) is 5.02 Å². The predicted molar refractivity (Wildman–Crippen MR) is 99.5 cm³/mol. The second-order valence-corrected chi connectivity index (χ2v) is 6.56. The Bertz CT molecular complexity index is 738. The third-order valence-electron chi connectivity index (χ3n) is 4.39. The van der Waals surface area contributed by atoms with Crippen molar-refractivity contribution < 1.29 is 9.53 Å². The summed E-state index contributed by atoms with van der Waals surface area (Å²) in [5, 5.41) is 3.31. The molecule has 5 nitrogen and oxygen atoms in total. The second kappa shape index (κ2) is 8.21. The third-order valence-corrected chi connectivity index (χ3v) is 4.70. The highest BCUT2D eigenvalue weighted by Crippen LogP contribution is 2.27. The van der Waals surface area contributed by atoms with Gasteiger partial charge in [0.2, 0.25) is 0 Å². The lowest BCUT2D eigenvalue weighted by Gasteiger charge is -2.34. The fourth-order valence-corrected chi connectivity index (χ4v) is 3.31. The zero-order valence-corrected chi connectivity index (χ0v) is 15.0. The Balaban J connectivity index is 1.68. The molecule has 132 valence electrons. The second-order valence-electron chi connectivity index (χ2n) is 6.15. The van der Waals surface area contributed by atoms with Crippen LogP contribution < -0.4 is 15.0 Å². The molecule has 1 unspecified atom stereocenters. The number of carbonyl (C=O) groups excluding carboxylic acids is 1. The average molecular weight is 360 g/mol. The number of benzene rings is 1. The molecular weight excluding hydrogens is 338 g/mol. The summed E-state index contributed by atoms with van der Waals surface area (Å²) in [6.45, 7) is 2.30. The fourth-order valence-electron chi connectivity index (χ4n) is 3.12. The lowest BCUT2D eigenvalue weighted by molar-refractivity contribution is 0.0963. The molecule has 1 atom stereocenters. The summed E-state index contributed by atoms with van der Waals surface area (Å²) in [7, 11) is 1.63. The molecule has 1 fully saturated rings. The maximum atomic E-state index is 12.1. The van der Waals surface area contributed by atoms with Gasteiger partial charge < -0.3 is 15.0 Å². The van der Waals surface area contributed by atoms with Gasteiger partial charge in [0.15, 0.2) is 0 Å². The van der Waals surface area contributed by atoms with Crippen LogP contribution in [0.15, 0.2) is 42.6 Å². The van der Waals surface area contributed by atoms with Crippen LogP contribution in [0.4, 0.5) is 5.82 Å². The van der Waals surface area contributed by atoms with Gasteiger partial charge in [-0.15, -0.1) is 0 Å². The van der Waals surface area contributed by atoms with Crippen LogP contribution in [0.5, 0.6) is 5.75 Å². The number of halogens is 1. The molecule has 3 rings (SSSR count). The van der Waals surface area contributed by atoms with Crippen LogP contribution in [0.25, 0.3) is 0 Å². The molecular formula is C19H22ClN3O2. The number of amides is 1. The minimum absolute atomic E-state index is 0.113. The molecule has 1 saturated heterocycles. The highest BCUT2D eigenvalue weighted by molar-refractivity contribution is 6.32. The maximum absolute atomic E-state index is 12.1. The molecule has 1 aromatic heterocycles. The lowest BCUT2D eigenvalue weighted by atomic mass is 9.98. The summed E-state index contributed by atoms with van der Waals surface area (Å²) >= 11 is 6.15. The van der Waals surface area contributed by atoms with E-state index >= 15 is 0 Å². The summed E-state index contributed by atoms with van der Waals surface area (Å²) in [5.41, 5.74) is 0.609. The predicted octanol–water partition coefficient (Wildman–Crippen LogP) is 3.39. The van der Waals surface area contributed by atoms with Crippen molar-refractivity contribution in [1.29, 1.82) is 0 Å². The number of aromatic nitrogens is 1. The molecule has 1 N–H and O–H groups in total. The van der Waals surface area contributed by atoms with E-state index in [-0.39, 0.29) is 5.91 Å². The van der Waals surface area contributed by atoms with Crippen LogP contribution in [0.1, 0.15) is 23.2 Å². The first-order chi connectivity index (χ1) is 12.2. The lowest BCUT2D eigenvalue weighted by Crippen LogP contribution is -2.39. The zero-order chi connectivity index (χ0) is 17.6. The van der Waals surface area contributed by atoms with Crippen molar-refractivity contribution in [3.05, 3.63) is 53.2 Å². The van der Waals surface area contributed by atoms with E-state index in [1.54, 1.807) is 19.3 Å². The maximum Gasteiger partial charge on any atom is 0.254 e. The van der Waals surface area contributed by atoms with Crippen LogP contribution in [-0.2, 0) is 0 Å². The van der Waals surface area contributed by atoms with Crippen molar-refractivity contribution in [3.63, 3.8) is 0 Å². The van der Waals surface area contributed by atoms with Crippen LogP contribution >= 0.6 is 11.6 Å². The quantitative estimate of drug-likeness (QED) is 0.889. The summed E-state index contributed by atoms with van der Waals surface area (Å²) < 4.78 is 5.90. The standard InChI is InChI=1S/C19H22ClN3O2/c1-21-19(24)15-7-4-10-22-18(15)23-11-5-6-14(12-23)13-25-17-9-3-2-8-16(17)20/h2-4,7-10,14H,5-6,11-13H2,1H3,(H,21,24). The molecule has 2 aromatic rings. The van der Waals surface area contributed by atoms with E-state index in [4.69, 9.17) is 16.3 Å². The van der Waals surface area contributed by atoms with Gasteiger partial charge in [-0.25, -0.2) is 4.98 Å². The number of anilines is 1. The molecule has 0 saturated carbocycles. The molecule has 0 spiro atoms. The number of piperidine rings is 1. The molecule has 1 aliphatic heterocycles. The number of rotatable bonds is 5. The molecule has 0 bridgehead atoms. The van der Waals surface area contributed by atoms with Gasteiger partial charge in [0, 0.05) is 32.3 Å². The van der Waals surface area contributed by atoms with Gasteiger partial charge in [-0.05, 0) is 37.1 Å². The number of ether oxygens (including phenoxy) is 1. The van der Waals surface area contributed by atoms with Gasteiger partial charge in [0.05, 0.1) is 17.2 Å². The fraction of sp³-hybridized carbons (Fsp3) is 0.368. The average Bonchev–Trinajstić information content (AvgIpc) is 2.67. The highest BCUT2D eigenvalue weighted by Gasteiger charge is 2.24. The number of para-hydroxylation sites is 1. The first-order valence-electron chi connectivity index (χ1n) is 8.48. The molecule has 0 radical (unpaired) electrons. The Morgan fingerprint density at radius 2 is 2.20 bits per heavy atom. The molecule has 25 heavy (non-hydrogen) atoms. The van der Waals surface area contributed by atoms with Crippen molar-refractivity contribution in [2.75, 3.05) is 31.6 Å². The van der Waals surface area contributed by atoms with E-state index in [9.17, 15) is 4.79 Å². The molecule has 1 amide bonds. The Morgan fingerprint density at radius 3 is 3.00 bits per heavy atom. The van der Waals surface area contributed by atoms with E-state index in [0.717, 1.165) is 31.7 Å². The number of carbonyl (C=O) groups is 1. The van der Waals surface area contributed by atoms with Crippen molar-refractivity contribution >= 4 is 23.3 Å². The minimum Gasteiger partial charge on any atom is -0.492 e. The zero-order valence-electron chi connectivity index (χ0n) is 14.2. The number of nitrogens with zero attached hydrogens (tertiary/aromatic N) is 2. The summed E-state index contributed by atoms with van der Waals surface area (Å²) in [6, 6.07) is 11.1. The van der Waals surface area contributed by atoms with E-state index in [0.29, 0.717) is 28.9 Å². The van der Waals surface area contributed by atoms with E-state index < -0.39 is 0 Å². The molecule has 2 heterocycles.